The highest BCUT2D eigenvalue weighted by Crippen LogP contribution is 2.21. The highest BCUT2D eigenvalue weighted by Gasteiger charge is 2.29. The average Bonchev–Trinajstić information content (AvgIpc) is 2.73. The van der Waals surface area contributed by atoms with E-state index in [1.807, 2.05) is 24.3 Å². The molecule has 0 unspecified atom stereocenters. The smallest absolute Gasteiger partial charge is 0.243 e. The summed E-state index contributed by atoms with van der Waals surface area (Å²) in [6.07, 6.45) is 1.02. The Kier molecular flexibility index (Phi) is 7.64. The third-order valence-electron chi connectivity index (χ3n) is 5.14. The zero-order valence-electron chi connectivity index (χ0n) is 17.8. The lowest BCUT2D eigenvalue weighted by atomic mass is 10.1. The number of amides is 1. The summed E-state index contributed by atoms with van der Waals surface area (Å²) in [7, 11) is -3.75. The number of rotatable bonds is 8. The summed E-state index contributed by atoms with van der Waals surface area (Å²) in [5, 5.41) is 2.81. The Labute approximate surface area is 182 Å². The lowest BCUT2D eigenvalue weighted by Crippen LogP contribution is -2.47. The molecule has 168 valence electrons. The van der Waals surface area contributed by atoms with Gasteiger partial charge in [0.1, 0.15) is 11.9 Å². The Morgan fingerprint density at radius 2 is 1.81 bits per heavy atom. The minimum absolute atomic E-state index is 0.235. The van der Waals surface area contributed by atoms with Crippen molar-refractivity contribution in [3.05, 3.63) is 65.5 Å². The molecule has 0 spiro atoms. The average molecular weight is 450 g/mol. The van der Waals surface area contributed by atoms with Crippen LogP contribution in [-0.4, -0.2) is 57.8 Å². The monoisotopic (exact) mass is 449 g/mol. The van der Waals surface area contributed by atoms with Crippen LogP contribution in [0.3, 0.4) is 0 Å². The number of carbonyl (C=O) groups is 1. The van der Waals surface area contributed by atoms with Crippen LogP contribution in [0, 0.1) is 5.82 Å². The normalized spacial score (nSPS) is 16.0. The summed E-state index contributed by atoms with van der Waals surface area (Å²) in [6, 6.07) is 12.0. The van der Waals surface area contributed by atoms with Gasteiger partial charge in [-0.2, -0.15) is 0 Å². The van der Waals surface area contributed by atoms with E-state index in [1.54, 1.807) is 0 Å². The summed E-state index contributed by atoms with van der Waals surface area (Å²) in [5.74, 6) is -0.917. The number of benzene rings is 2. The van der Waals surface area contributed by atoms with Crippen molar-refractivity contribution in [1.29, 1.82) is 0 Å². The van der Waals surface area contributed by atoms with Gasteiger partial charge in [0, 0.05) is 26.2 Å². The Morgan fingerprint density at radius 1 is 1.16 bits per heavy atom. The molecule has 0 bridgehead atoms. The molecule has 1 heterocycles. The second kappa shape index (κ2) is 10.2. The summed E-state index contributed by atoms with van der Waals surface area (Å²) in [5.41, 5.74) is 2.31. The maximum Gasteiger partial charge on any atom is 0.243 e. The van der Waals surface area contributed by atoms with Crippen LogP contribution in [-0.2, 0) is 32.6 Å². The molecule has 7 nitrogen and oxygen atoms in total. The molecule has 3 rings (SSSR count). The number of carbonyl (C=O) groups excluding carboxylic acids is 1. The van der Waals surface area contributed by atoms with Crippen LogP contribution in [0.4, 0.5) is 10.1 Å². The fourth-order valence-electron chi connectivity index (χ4n) is 3.59. The van der Waals surface area contributed by atoms with E-state index in [-0.39, 0.29) is 12.2 Å². The van der Waals surface area contributed by atoms with Crippen molar-refractivity contribution in [1.82, 2.24) is 10.2 Å². The molecule has 1 N–H and O–H groups in total. The van der Waals surface area contributed by atoms with Crippen LogP contribution in [0.25, 0.3) is 0 Å². The number of anilines is 1. The van der Waals surface area contributed by atoms with Gasteiger partial charge in [-0.15, -0.1) is 0 Å². The number of nitrogens with zero attached hydrogens (tertiary/aromatic N) is 2. The number of ether oxygens (including phenoxy) is 1. The molecule has 31 heavy (non-hydrogen) atoms. The van der Waals surface area contributed by atoms with E-state index in [2.05, 4.69) is 10.2 Å². The first kappa shape index (κ1) is 23.2. The van der Waals surface area contributed by atoms with E-state index in [4.69, 9.17) is 4.74 Å². The first-order valence-corrected chi connectivity index (χ1v) is 12.0. The van der Waals surface area contributed by atoms with Crippen molar-refractivity contribution in [3.8, 4) is 0 Å². The van der Waals surface area contributed by atoms with Crippen LogP contribution < -0.4 is 9.62 Å². The van der Waals surface area contributed by atoms with E-state index < -0.39 is 27.8 Å². The molecular formula is C22H28FN3O4S. The fourth-order valence-corrected chi connectivity index (χ4v) is 4.76. The first-order valence-electron chi connectivity index (χ1n) is 10.1. The van der Waals surface area contributed by atoms with Crippen molar-refractivity contribution >= 4 is 21.6 Å². The van der Waals surface area contributed by atoms with E-state index >= 15 is 0 Å². The molecule has 0 saturated carbocycles. The molecule has 2 aromatic carbocycles. The zero-order valence-corrected chi connectivity index (χ0v) is 18.6. The van der Waals surface area contributed by atoms with Gasteiger partial charge in [-0.05, 0) is 42.3 Å². The molecule has 1 aliphatic heterocycles. The van der Waals surface area contributed by atoms with Crippen LogP contribution in [0.1, 0.15) is 18.1 Å². The summed E-state index contributed by atoms with van der Waals surface area (Å²) in [4.78, 5) is 15.0. The van der Waals surface area contributed by atoms with Gasteiger partial charge in [0.15, 0.2) is 0 Å². The number of hydrogen-bond acceptors (Lipinski definition) is 5. The number of morpholine rings is 1. The molecule has 9 heteroatoms. The second-order valence-corrected chi connectivity index (χ2v) is 9.50. The zero-order chi connectivity index (χ0) is 22.4. The van der Waals surface area contributed by atoms with Crippen molar-refractivity contribution in [3.63, 3.8) is 0 Å². The van der Waals surface area contributed by atoms with Gasteiger partial charge in [-0.1, -0.05) is 24.3 Å². The van der Waals surface area contributed by atoms with Crippen LogP contribution in [0.2, 0.25) is 0 Å². The molecule has 0 radical (unpaired) electrons. The molecule has 1 fully saturated rings. The highest BCUT2D eigenvalue weighted by atomic mass is 32.2. The van der Waals surface area contributed by atoms with Gasteiger partial charge in [-0.3, -0.25) is 14.0 Å². The summed E-state index contributed by atoms with van der Waals surface area (Å²) >= 11 is 0. The van der Waals surface area contributed by atoms with Gasteiger partial charge in [-0.25, -0.2) is 12.8 Å². The van der Waals surface area contributed by atoms with E-state index in [1.165, 1.54) is 19.1 Å². The van der Waals surface area contributed by atoms with Crippen LogP contribution in [0.5, 0.6) is 0 Å². The molecule has 1 aliphatic rings. The third-order valence-corrected chi connectivity index (χ3v) is 6.38. The van der Waals surface area contributed by atoms with Crippen molar-refractivity contribution in [2.75, 3.05) is 36.9 Å². The predicted molar refractivity (Wildman–Crippen MR) is 118 cm³/mol. The van der Waals surface area contributed by atoms with Crippen LogP contribution in [0.15, 0.2) is 48.5 Å². The lowest BCUT2D eigenvalue weighted by molar-refractivity contribution is -0.122. The fraction of sp³-hybridized carbons (Fsp3) is 0.409. The molecule has 1 amide bonds. The van der Waals surface area contributed by atoms with E-state index in [9.17, 15) is 17.6 Å². The SMILES string of the molecule is C[C@@H](C(=O)NCc1cccc(CN2CCOCC2)c1)N(c1ccc(F)cc1)S(C)(=O)=O. The minimum Gasteiger partial charge on any atom is -0.379 e. The number of nitrogens with one attached hydrogen (secondary N) is 1. The maximum atomic E-state index is 13.2. The molecule has 1 atom stereocenters. The third kappa shape index (κ3) is 6.49. The molecule has 2 aromatic rings. The van der Waals surface area contributed by atoms with Gasteiger partial charge < -0.3 is 10.1 Å². The van der Waals surface area contributed by atoms with Crippen molar-refractivity contribution in [2.24, 2.45) is 0 Å². The summed E-state index contributed by atoms with van der Waals surface area (Å²) in [6.45, 7) is 5.85. The Morgan fingerprint density at radius 3 is 2.45 bits per heavy atom. The lowest BCUT2D eigenvalue weighted by Gasteiger charge is -2.28. The van der Waals surface area contributed by atoms with E-state index in [0.717, 1.165) is 66.7 Å². The molecule has 0 aliphatic carbocycles. The number of halogens is 1. The topological polar surface area (TPSA) is 79.0 Å². The quantitative estimate of drug-likeness (QED) is 0.668. The van der Waals surface area contributed by atoms with Gasteiger partial charge in [0.05, 0.1) is 25.2 Å². The minimum atomic E-state index is -3.75. The van der Waals surface area contributed by atoms with E-state index in [0.29, 0.717) is 0 Å². The number of hydrogen-bond donors (Lipinski definition) is 1. The first-order chi connectivity index (χ1) is 14.7. The van der Waals surface area contributed by atoms with Gasteiger partial charge in [0.25, 0.3) is 0 Å². The summed E-state index contributed by atoms with van der Waals surface area (Å²) < 4.78 is 44.2. The number of sulfonamides is 1. The Bertz CT molecular complexity index is 992. The Hall–Kier alpha value is -2.49. The van der Waals surface area contributed by atoms with Crippen LogP contribution >= 0.6 is 0 Å². The van der Waals surface area contributed by atoms with Crippen molar-refractivity contribution in [2.45, 2.75) is 26.1 Å². The highest BCUT2D eigenvalue weighted by molar-refractivity contribution is 7.92. The van der Waals surface area contributed by atoms with Crippen molar-refractivity contribution < 1.29 is 22.3 Å². The molecular weight excluding hydrogens is 421 g/mol. The standard InChI is InChI=1S/C22H28FN3O4S/c1-17(26(31(2,28)29)21-8-6-20(23)7-9-21)22(27)24-15-18-4-3-5-19(14-18)16-25-10-12-30-13-11-25/h3-9,14,17H,10-13,15-16H2,1-2H3,(H,24,27)/t17-/m0/s1. The van der Waals surface area contributed by atoms with Gasteiger partial charge >= 0.3 is 0 Å². The molecule has 1 saturated heterocycles. The Balaban J connectivity index is 1.64. The predicted octanol–water partition coefficient (Wildman–Crippen LogP) is 2.13. The molecule has 0 aromatic heterocycles. The second-order valence-electron chi connectivity index (χ2n) is 7.64. The largest absolute Gasteiger partial charge is 0.379 e. The van der Waals surface area contributed by atoms with Gasteiger partial charge in [0.2, 0.25) is 15.9 Å². The maximum absolute atomic E-state index is 13.2.